The average Bonchev–Trinajstić information content (AvgIpc) is 3.16. The quantitative estimate of drug-likeness (QED) is 0.473. The van der Waals surface area contributed by atoms with Crippen molar-refractivity contribution in [1.29, 1.82) is 0 Å². The number of nitrogens with zero attached hydrogens (tertiary/aromatic N) is 4. The van der Waals surface area contributed by atoms with Crippen molar-refractivity contribution < 1.29 is 5.11 Å². The lowest BCUT2D eigenvalue weighted by atomic mass is 10.1. The van der Waals surface area contributed by atoms with E-state index in [1.807, 2.05) is 37.3 Å². The molecule has 8 heteroatoms. The monoisotopic (exact) mass is 382 g/mol. The van der Waals surface area contributed by atoms with Crippen molar-refractivity contribution in [1.82, 2.24) is 19.6 Å². The highest BCUT2D eigenvalue weighted by Gasteiger charge is 2.16. The topological polar surface area (TPSA) is 87.4 Å². The summed E-state index contributed by atoms with van der Waals surface area (Å²) < 4.78 is 1.75. The van der Waals surface area contributed by atoms with E-state index in [9.17, 15) is 5.11 Å². The lowest BCUT2D eigenvalue weighted by molar-refractivity contribution is 0.311. The number of para-hydroxylation sites is 1. The van der Waals surface area contributed by atoms with Crippen LogP contribution >= 0.6 is 11.6 Å². The third-order valence-electron chi connectivity index (χ3n) is 4.35. The van der Waals surface area contributed by atoms with Gasteiger partial charge in [0.2, 0.25) is 0 Å². The lowest BCUT2D eigenvalue weighted by Crippen LogP contribution is -2.15. The molecule has 1 aromatic carbocycles. The number of hydrogen-bond acceptors (Lipinski definition) is 6. The molecular formula is C19H19ClN6O. The van der Waals surface area contributed by atoms with E-state index >= 15 is 0 Å². The highest BCUT2D eigenvalue weighted by atomic mass is 35.5. The Kier molecular flexibility index (Phi) is 4.79. The molecule has 138 valence electrons. The minimum atomic E-state index is -0.0723. The fourth-order valence-corrected chi connectivity index (χ4v) is 3.29. The minimum absolute atomic E-state index is 0.0156. The first-order chi connectivity index (χ1) is 13.2. The molecular weight excluding hydrogens is 364 g/mol. The molecule has 0 saturated heterocycles. The van der Waals surface area contributed by atoms with Gasteiger partial charge in [-0.15, -0.1) is 0 Å². The van der Waals surface area contributed by atoms with Crippen LogP contribution in [0.4, 0.5) is 11.6 Å². The number of benzene rings is 1. The Bertz CT molecular complexity index is 1100. The zero-order chi connectivity index (χ0) is 18.8. The summed E-state index contributed by atoms with van der Waals surface area (Å²) >= 11 is 6.30. The van der Waals surface area contributed by atoms with E-state index < -0.39 is 0 Å². The fraction of sp³-hybridized carbons (Fsp3) is 0.211. The Morgan fingerprint density at radius 1 is 1.22 bits per heavy atom. The van der Waals surface area contributed by atoms with Crippen molar-refractivity contribution in [3.63, 3.8) is 0 Å². The van der Waals surface area contributed by atoms with Crippen molar-refractivity contribution in [3.05, 3.63) is 59.4 Å². The van der Waals surface area contributed by atoms with Crippen LogP contribution in [-0.4, -0.2) is 37.8 Å². The van der Waals surface area contributed by atoms with Gasteiger partial charge in [0.15, 0.2) is 5.65 Å². The summed E-state index contributed by atoms with van der Waals surface area (Å²) in [6, 6.07) is 11.4. The van der Waals surface area contributed by atoms with Gasteiger partial charge in [-0.3, -0.25) is 0 Å². The van der Waals surface area contributed by atoms with Gasteiger partial charge in [-0.2, -0.15) is 9.61 Å². The second kappa shape index (κ2) is 7.38. The lowest BCUT2D eigenvalue weighted by Gasteiger charge is -2.20. The van der Waals surface area contributed by atoms with E-state index in [0.717, 1.165) is 27.9 Å². The Morgan fingerprint density at radius 2 is 2.11 bits per heavy atom. The van der Waals surface area contributed by atoms with Gasteiger partial charge in [0.1, 0.15) is 11.6 Å². The summed E-state index contributed by atoms with van der Waals surface area (Å²) in [5, 5.41) is 21.7. The van der Waals surface area contributed by atoms with Crippen molar-refractivity contribution in [2.75, 3.05) is 23.8 Å². The van der Waals surface area contributed by atoms with Crippen molar-refractivity contribution in [2.45, 2.75) is 13.0 Å². The van der Waals surface area contributed by atoms with Gasteiger partial charge in [-0.1, -0.05) is 23.7 Å². The van der Waals surface area contributed by atoms with Crippen LogP contribution in [0.1, 0.15) is 18.5 Å². The summed E-state index contributed by atoms with van der Waals surface area (Å²) in [5.74, 6) is 1.52. The van der Waals surface area contributed by atoms with Crippen LogP contribution in [0.2, 0.25) is 5.02 Å². The number of fused-ring (bicyclic) bond motifs is 2. The van der Waals surface area contributed by atoms with Crippen LogP contribution in [-0.2, 0) is 0 Å². The summed E-state index contributed by atoms with van der Waals surface area (Å²) in [4.78, 5) is 8.98. The van der Waals surface area contributed by atoms with Crippen LogP contribution in [0.3, 0.4) is 0 Å². The molecule has 1 unspecified atom stereocenters. The first kappa shape index (κ1) is 17.5. The summed E-state index contributed by atoms with van der Waals surface area (Å²) in [7, 11) is 0. The standard InChI is InChI=1S/C19H19ClN6O/c1-12(24-17-5-7-21-16-6-8-23-26(16)17)14-11-13-3-2-4-15(20)18(13)25-19(14)22-9-10-27/h2-8,11-12,24,27H,9-10H2,1H3,(H,22,25). The fourth-order valence-electron chi connectivity index (χ4n) is 3.07. The van der Waals surface area contributed by atoms with Gasteiger partial charge in [0.05, 0.1) is 29.4 Å². The predicted octanol–water partition coefficient (Wildman–Crippen LogP) is 3.51. The Morgan fingerprint density at radius 3 is 2.96 bits per heavy atom. The number of aliphatic hydroxyl groups is 1. The molecule has 0 bridgehead atoms. The van der Waals surface area contributed by atoms with E-state index in [2.05, 4.69) is 26.8 Å². The molecule has 4 aromatic rings. The minimum Gasteiger partial charge on any atom is -0.395 e. The Labute approximate surface area is 161 Å². The number of aromatic nitrogens is 4. The van der Waals surface area contributed by atoms with Gasteiger partial charge >= 0.3 is 0 Å². The van der Waals surface area contributed by atoms with E-state index in [0.29, 0.717) is 17.4 Å². The number of aliphatic hydroxyl groups excluding tert-OH is 1. The molecule has 3 N–H and O–H groups in total. The van der Waals surface area contributed by atoms with E-state index in [1.54, 1.807) is 16.9 Å². The first-order valence-corrected chi connectivity index (χ1v) is 9.04. The molecule has 27 heavy (non-hydrogen) atoms. The van der Waals surface area contributed by atoms with E-state index in [-0.39, 0.29) is 12.6 Å². The van der Waals surface area contributed by atoms with Gasteiger partial charge in [0, 0.05) is 29.8 Å². The number of nitrogens with one attached hydrogen (secondary N) is 2. The molecule has 0 saturated carbocycles. The number of hydrogen-bond donors (Lipinski definition) is 3. The largest absolute Gasteiger partial charge is 0.395 e. The van der Waals surface area contributed by atoms with Crippen molar-refractivity contribution >= 4 is 39.8 Å². The SMILES string of the molecule is CC(Nc1ccnc2ccnn12)c1cc2cccc(Cl)c2nc1NCCO. The molecule has 3 heterocycles. The number of rotatable bonds is 6. The van der Waals surface area contributed by atoms with Crippen LogP contribution in [0, 0.1) is 0 Å². The maximum absolute atomic E-state index is 9.20. The third-order valence-corrected chi connectivity index (χ3v) is 4.66. The molecule has 0 radical (unpaired) electrons. The van der Waals surface area contributed by atoms with E-state index in [4.69, 9.17) is 16.6 Å². The van der Waals surface area contributed by atoms with Crippen LogP contribution < -0.4 is 10.6 Å². The van der Waals surface area contributed by atoms with Crippen molar-refractivity contribution in [3.8, 4) is 0 Å². The van der Waals surface area contributed by atoms with E-state index in [1.165, 1.54) is 0 Å². The smallest absolute Gasteiger partial charge is 0.157 e. The summed E-state index contributed by atoms with van der Waals surface area (Å²) in [6.45, 7) is 2.47. The highest BCUT2D eigenvalue weighted by molar-refractivity contribution is 6.35. The highest BCUT2D eigenvalue weighted by Crippen LogP contribution is 2.31. The third kappa shape index (κ3) is 3.39. The van der Waals surface area contributed by atoms with Gasteiger partial charge < -0.3 is 15.7 Å². The molecule has 0 aliphatic rings. The van der Waals surface area contributed by atoms with Crippen LogP contribution in [0.25, 0.3) is 16.6 Å². The Balaban J connectivity index is 1.75. The predicted molar refractivity (Wildman–Crippen MR) is 107 cm³/mol. The molecule has 0 spiro atoms. The second-order valence-electron chi connectivity index (χ2n) is 6.19. The van der Waals surface area contributed by atoms with Gasteiger partial charge in [0.25, 0.3) is 0 Å². The number of anilines is 2. The number of pyridine rings is 1. The Hall–Kier alpha value is -2.90. The van der Waals surface area contributed by atoms with Gasteiger partial charge in [-0.05, 0) is 25.1 Å². The van der Waals surface area contributed by atoms with Crippen molar-refractivity contribution in [2.24, 2.45) is 0 Å². The molecule has 3 aromatic heterocycles. The maximum atomic E-state index is 9.20. The molecule has 0 amide bonds. The zero-order valence-corrected chi connectivity index (χ0v) is 15.5. The molecule has 7 nitrogen and oxygen atoms in total. The molecule has 0 aliphatic carbocycles. The zero-order valence-electron chi connectivity index (χ0n) is 14.7. The molecule has 1 atom stereocenters. The summed E-state index contributed by atoms with van der Waals surface area (Å²) in [5.41, 5.74) is 2.47. The molecule has 0 aliphatic heterocycles. The van der Waals surface area contributed by atoms with Crippen LogP contribution in [0.5, 0.6) is 0 Å². The maximum Gasteiger partial charge on any atom is 0.157 e. The summed E-state index contributed by atoms with van der Waals surface area (Å²) in [6.07, 6.45) is 3.46. The van der Waals surface area contributed by atoms with Crippen LogP contribution in [0.15, 0.2) is 48.8 Å². The first-order valence-electron chi connectivity index (χ1n) is 8.66. The van der Waals surface area contributed by atoms with Gasteiger partial charge in [-0.25, -0.2) is 9.97 Å². The number of halogens is 1. The molecule has 0 fully saturated rings. The molecule has 4 rings (SSSR count). The normalized spacial score (nSPS) is 12.4. The average molecular weight is 383 g/mol. The second-order valence-corrected chi connectivity index (χ2v) is 6.59.